The van der Waals surface area contributed by atoms with Gasteiger partial charge in [0.1, 0.15) is 11.9 Å². The molecule has 3 heterocycles. The predicted octanol–water partition coefficient (Wildman–Crippen LogP) is 6.72. The Bertz CT molecular complexity index is 1410. The van der Waals surface area contributed by atoms with Crippen LogP contribution in [0.3, 0.4) is 0 Å². The van der Waals surface area contributed by atoms with Crippen molar-refractivity contribution in [2.45, 2.75) is 15.9 Å². The van der Waals surface area contributed by atoms with E-state index in [1.165, 1.54) is 15.5 Å². The lowest BCUT2D eigenvalue weighted by molar-refractivity contribution is 0.0980. The van der Waals surface area contributed by atoms with Gasteiger partial charge in [-0.05, 0) is 54.6 Å². The van der Waals surface area contributed by atoms with E-state index in [0.717, 1.165) is 15.7 Å². The number of thioether (sulfide) groups is 2. The minimum absolute atomic E-state index is 0.00637. The van der Waals surface area contributed by atoms with Crippen molar-refractivity contribution < 1.29 is 9.53 Å². The fraction of sp³-hybridized carbons (Fsp3) is 0.107. The molecule has 0 saturated heterocycles. The summed E-state index contributed by atoms with van der Waals surface area (Å²) < 4.78 is 6.37. The standard InChI is InChI=1S/C28H22N2O2S2/c1-29-20-10-4-7-13-24(20)33-26(29)16-15-19-23(32-22-12-6-3-9-18(22)28(19)31)17-27-30(2)21-11-5-8-14-25(21)34-27/h3-17,23H,1-2H3/b19-15-,26-16+,27-17+/t23-/m1/s1. The molecule has 0 aliphatic carbocycles. The number of anilines is 2. The number of ether oxygens (including phenoxy) is 1. The van der Waals surface area contributed by atoms with Crippen LogP contribution in [0, 0.1) is 0 Å². The molecule has 3 aliphatic heterocycles. The SMILES string of the molecule is CN1/C(=C\C=C2/C(=O)c3ccccc3O[C@@H]2/C=C2/Sc3ccccc3N2C)Sc2ccccc21. The Labute approximate surface area is 207 Å². The molecule has 0 amide bonds. The third-order valence-electron chi connectivity index (χ3n) is 6.20. The van der Waals surface area contributed by atoms with Crippen LogP contribution < -0.4 is 14.5 Å². The molecule has 4 nitrogen and oxygen atoms in total. The largest absolute Gasteiger partial charge is 0.481 e. The molecule has 0 aromatic heterocycles. The number of para-hydroxylation sites is 3. The molecule has 0 N–H and O–H groups in total. The summed E-state index contributed by atoms with van der Waals surface area (Å²) in [5.41, 5.74) is 3.58. The van der Waals surface area contributed by atoms with Gasteiger partial charge in [-0.2, -0.15) is 0 Å². The van der Waals surface area contributed by atoms with E-state index < -0.39 is 6.10 Å². The first kappa shape index (κ1) is 21.2. The molecule has 168 valence electrons. The van der Waals surface area contributed by atoms with Gasteiger partial charge in [-0.15, -0.1) is 0 Å². The summed E-state index contributed by atoms with van der Waals surface area (Å²) in [6, 6.07) is 24.1. The van der Waals surface area contributed by atoms with Crippen LogP contribution in [0.2, 0.25) is 0 Å². The van der Waals surface area contributed by atoms with E-state index in [0.29, 0.717) is 16.9 Å². The summed E-state index contributed by atoms with van der Waals surface area (Å²) in [6.07, 6.45) is 5.54. The average molecular weight is 483 g/mol. The van der Waals surface area contributed by atoms with Crippen LogP contribution in [-0.4, -0.2) is 26.0 Å². The van der Waals surface area contributed by atoms with E-state index in [1.54, 1.807) is 23.5 Å². The number of Topliss-reactive ketones (excluding diaryl/α,β-unsaturated/α-hetero) is 1. The van der Waals surface area contributed by atoms with E-state index in [9.17, 15) is 4.79 Å². The molecule has 0 saturated carbocycles. The lowest BCUT2D eigenvalue weighted by Gasteiger charge is -2.27. The Balaban J connectivity index is 1.39. The van der Waals surface area contributed by atoms with Crippen molar-refractivity contribution in [3.8, 4) is 5.75 Å². The minimum Gasteiger partial charge on any atom is -0.481 e. The quantitative estimate of drug-likeness (QED) is 0.377. The van der Waals surface area contributed by atoms with E-state index >= 15 is 0 Å². The maximum Gasteiger partial charge on any atom is 0.196 e. The highest BCUT2D eigenvalue weighted by Crippen LogP contribution is 2.46. The Kier molecular flexibility index (Phi) is 5.27. The fourth-order valence-electron chi connectivity index (χ4n) is 4.36. The number of benzene rings is 3. The van der Waals surface area contributed by atoms with Gasteiger partial charge in [-0.1, -0.05) is 59.9 Å². The molecule has 3 aliphatic rings. The number of rotatable bonds is 2. The van der Waals surface area contributed by atoms with Crippen LogP contribution in [0.15, 0.2) is 116 Å². The number of ketones is 1. The van der Waals surface area contributed by atoms with Crippen molar-refractivity contribution in [1.82, 2.24) is 0 Å². The van der Waals surface area contributed by atoms with Crippen molar-refractivity contribution in [1.29, 1.82) is 0 Å². The molecule has 6 rings (SSSR count). The highest BCUT2D eigenvalue weighted by atomic mass is 32.2. The lowest BCUT2D eigenvalue weighted by Crippen LogP contribution is -2.29. The lowest BCUT2D eigenvalue weighted by atomic mass is 9.94. The topological polar surface area (TPSA) is 32.8 Å². The zero-order valence-electron chi connectivity index (χ0n) is 18.8. The summed E-state index contributed by atoms with van der Waals surface area (Å²) >= 11 is 3.41. The van der Waals surface area contributed by atoms with E-state index in [4.69, 9.17) is 4.74 Å². The molecule has 1 atom stereocenters. The van der Waals surface area contributed by atoms with E-state index in [-0.39, 0.29) is 5.78 Å². The number of hydrogen-bond donors (Lipinski definition) is 0. The summed E-state index contributed by atoms with van der Waals surface area (Å²) in [5, 5.41) is 2.13. The third-order valence-corrected chi connectivity index (χ3v) is 8.57. The number of carbonyl (C=O) groups is 1. The van der Waals surface area contributed by atoms with Crippen molar-refractivity contribution >= 4 is 40.7 Å². The van der Waals surface area contributed by atoms with Crippen molar-refractivity contribution in [3.63, 3.8) is 0 Å². The van der Waals surface area contributed by atoms with Crippen molar-refractivity contribution in [2.24, 2.45) is 0 Å². The molecule has 3 aromatic rings. The van der Waals surface area contributed by atoms with Gasteiger partial charge in [0.15, 0.2) is 5.78 Å². The Morgan fingerprint density at radius 3 is 2.06 bits per heavy atom. The molecule has 0 unspecified atom stereocenters. The molecule has 0 fully saturated rings. The summed E-state index contributed by atoms with van der Waals surface area (Å²) in [5.74, 6) is 0.633. The number of fused-ring (bicyclic) bond motifs is 3. The number of nitrogens with zero attached hydrogens (tertiary/aromatic N) is 2. The smallest absolute Gasteiger partial charge is 0.196 e. The molecule has 34 heavy (non-hydrogen) atoms. The second-order valence-electron chi connectivity index (χ2n) is 8.25. The van der Waals surface area contributed by atoms with E-state index in [1.807, 2.05) is 60.7 Å². The first-order valence-corrected chi connectivity index (χ1v) is 12.7. The van der Waals surface area contributed by atoms with Crippen LogP contribution in [0.25, 0.3) is 0 Å². The molecular weight excluding hydrogens is 460 g/mol. The van der Waals surface area contributed by atoms with Crippen LogP contribution in [0.1, 0.15) is 10.4 Å². The van der Waals surface area contributed by atoms with Gasteiger partial charge < -0.3 is 14.5 Å². The molecule has 0 radical (unpaired) electrons. The second-order valence-corrected chi connectivity index (χ2v) is 10.4. The molecule has 3 aromatic carbocycles. The second kappa shape index (κ2) is 8.46. The highest BCUT2D eigenvalue weighted by Gasteiger charge is 2.32. The number of allylic oxidation sites excluding steroid dienone is 2. The third kappa shape index (κ3) is 3.54. The van der Waals surface area contributed by atoms with Crippen LogP contribution in [-0.2, 0) is 0 Å². The maximum absolute atomic E-state index is 13.6. The van der Waals surface area contributed by atoms with Crippen molar-refractivity contribution in [2.75, 3.05) is 23.9 Å². The van der Waals surface area contributed by atoms with Gasteiger partial charge in [0.25, 0.3) is 0 Å². The molecule has 0 bridgehead atoms. The summed E-state index contributed by atoms with van der Waals surface area (Å²) in [6.45, 7) is 0. The average Bonchev–Trinajstić information content (AvgIpc) is 3.35. The van der Waals surface area contributed by atoms with Gasteiger partial charge in [0, 0.05) is 29.5 Å². The first-order chi connectivity index (χ1) is 16.6. The molecular formula is C28H22N2O2S2. The Morgan fingerprint density at radius 2 is 1.35 bits per heavy atom. The van der Waals surface area contributed by atoms with Gasteiger partial charge in [-0.25, -0.2) is 0 Å². The zero-order chi connectivity index (χ0) is 23.2. The highest BCUT2D eigenvalue weighted by molar-refractivity contribution is 8.04. The molecule has 0 spiro atoms. The minimum atomic E-state index is -0.474. The van der Waals surface area contributed by atoms with Crippen molar-refractivity contribution in [3.05, 3.63) is 112 Å². The Hall–Kier alpha value is -3.35. The van der Waals surface area contributed by atoms with Crippen LogP contribution in [0.4, 0.5) is 11.4 Å². The van der Waals surface area contributed by atoms with Gasteiger partial charge in [0.2, 0.25) is 0 Å². The number of carbonyl (C=O) groups excluding carboxylic acids is 1. The summed E-state index contributed by atoms with van der Waals surface area (Å²) in [7, 11) is 4.11. The molecule has 6 heteroatoms. The Morgan fingerprint density at radius 1 is 0.765 bits per heavy atom. The summed E-state index contributed by atoms with van der Waals surface area (Å²) in [4.78, 5) is 20.3. The van der Waals surface area contributed by atoms with Gasteiger partial charge >= 0.3 is 0 Å². The zero-order valence-corrected chi connectivity index (χ0v) is 20.4. The fourth-order valence-corrected chi connectivity index (χ4v) is 6.52. The van der Waals surface area contributed by atoms with Crippen LogP contribution in [0.5, 0.6) is 5.75 Å². The normalized spacial score (nSPS) is 22.2. The van der Waals surface area contributed by atoms with Gasteiger partial charge in [0.05, 0.1) is 27.0 Å². The monoisotopic (exact) mass is 482 g/mol. The predicted molar refractivity (Wildman–Crippen MR) is 141 cm³/mol. The van der Waals surface area contributed by atoms with E-state index in [2.05, 4.69) is 54.2 Å². The van der Waals surface area contributed by atoms with Crippen LogP contribution >= 0.6 is 23.5 Å². The number of hydrogen-bond acceptors (Lipinski definition) is 6. The first-order valence-electron chi connectivity index (χ1n) is 11.1. The van der Waals surface area contributed by atoms with Gasteiger partial charge in [-0.3, -0.25) is 4.79 Å². The maximum atomic E-state index is 13.6.